The lowest BCUT2D eigenvalue weighted by molar-refractivity contribution is 0.102. The van der Waals surface area contributed by atoms with Crippen molar-refractivity contribution in [2.45, 2.75) is 33.8 Å². The summed E-state index contributed by atoms with van der Waals surface area (Å²) in [5, 5.41) is 3.31. The zero-order chi connectivity index (χ0) is 18.4. The van der Waals surface area contributed by atoms with Crippen LogP contribution in [0.1, 0.15) is 38.1 Å². The van der Waals surface area contributed by atoms with E-state index in [2.05, 4.69) is 29.0 Å². The molecular formula is C19H24ClN3O2. The first-order chi connectivity index (χ1) is 12.0. The number of hydrogen-bond acceptors (Lipinski definition) is 4. The summed E-state index contributed by atoms with van der Waals surface area (Å²) in [6.45, 7) is 9.69. The van der Waals surface area contributed by atoms with E-state index < -0.39 is 0 Å². The van der Waals surface area contributed by atoms with Crippen molar-refractivity contribution >= 4 is 29.0 Å². The van der Waals surface area contributed by atoms with Gasteiger partial charge in [0.15, 0.2) is 5.75 Å². The number of pyridine rings is 1. The van der Waals surface area contributed by atoms with E-state index in [1.165, 1.54) is 0 Å². The molecule has 0 aliphatic carbocycles. The zero-order valence-corrected chi connectivity index (χ0v) is 15.8. The van der Waals surface area contributed by atoms with E-state index in [0.29, 0.717) is 22.0 Å². The summed E-state index contributed by atoms with van der Waals surface area (Å²) in [5.41, 5.74) is 1.02. The van der Waals surface area contributed by atoms with Gasteiger partial charge in [-0.15, -0.1) is 0 Å². The molecule has 2 aromatic rings. The number of benzene rings is 1. The minimum absolute atomic E-state index is 0.0504. The van der Waals surface area contributed by atoms with Crippen molar-refractivity contribution in [1.82, 2.24) is 4.98 Å². The molecule has 0 bridgehead atoms. The number of amides is 1. The van der Waals surface area contributed by atoms with Gasteiger partial charge in [-0.05, 0) is 52.0 Å². The van der Waals surface area contributed by atoms with E-state index in [0.717, 1.165) is 18.9 Å². The number of para-hydroxylation sites is 1. The molecule has 5 nitrogen and oxygen atoms in total. The summed E-state index contributed by atoms with van der Waals surface area (Å²) >= 11 is 6.20. The molecule has 1 amide bonds. The zero-order valence-electron chi connectivity index (χ0n) is 15.0. The Hall–Kier alpha value is -2.27. The number of ether oxygens (including phenoxy) is 1. The summed E-state index contributed by atoms with van der Waals surface area (Å²) < 4.78 is 5.72. The first-order valence-electron chi connectivity index (χ1n) is 8.43. The number of nitrogens with one attached hydrogen (secondary N) is 1. The summed E-state index contributed by atoms with van der Waals surface area (Å²) in [4.78, 5) is 19.0. The number of halogens is 1. The second-order valence-electron chi connectivity index (χ2n) is 5.81. The third kappa shape index (κ3) is 4.86. The van der Waals surface area contributed by atoms with E-state index in [9.17, 15) is 4.79 Å². The molecule has 1 N–H and O–H groups in total. The van der Waals surface area contributed by atoms with Crippen LogP contribution in [-0.2, 0) is 0 Å². The predicted molar refractivity (Wildman–Crippen MR) is 103 cm³/mol. The molecule has 0 aliphatic heterocycles. The van der Waals surface area contributed by atoms with Crippen LogP contribution in [0.3, 0.4) is 0 Å². The lowest BCUT2D eigenvalue weighted by Gasteiger charge is -2.19. The average molecular weight is 362 g/mol. The molecule has 0 saturated heterocycles. The van der Waals surface area contributed by atoms with Gasteiger partial charge in [0.05, 0.1) is 22.4 Å². The molecule has 6 heteroatoms. The van der Waals surface area contributed by atoms with Crippen LogP contribution in [-0.4, -0.2) is 30.1 Å². The quantitative estimate of drug-likeness (QED) is 0.781. The fourth-order valence-electron chi connectivity index (χ4n) is 2.41. The molecule has 0 spiro atoms. The molecule has 0 fully saturated rings. The minimum atomic E-state index is -0.255. The van der Waals surface area contributed by atoms with Crippen LogP contribution in [0.25, 0.3) is 0 Å². The van der Waals surface area contributed by atoms with Crippen LogP contribution in [0.15, 0.2) is 36.5 Å². The van der Waals surface area contributed by atoms with Gasteiger partial charge in [-0.3, -0.25) is 4.79 Å². The molecule has 1 heterocycles. The number of carbonyl (C=O) groups is 1. The summed E-state index contributed by atoms with van der Waals surface area (Å²) in [6.07, 6.45) is 1.53. The Morgan fingerprint density at radius 3 is 2.52 bits per heavy atom. The Kier molecular flexibility index (Phi) is 6.65. The predicted octanol–water partition coefficient (Wildman–Crippen LogP) is 4.62. The van der Waals surface area contributed by atoms with E-state index in [1.54, 1.807) is 30.5 Å². The summed E-state index contributed by atoms with van der Waals surface area (Å²) in [6, 6.07) is 8.89. The van der Waals surface area contributed by atoms with E-state index in [4.69, 9.17) is 16.3 Å². The van der Waals surface area contributed by atoms with Gasteiger partial charge in [-0.2, -0.15) is 0 Å². The van der Waals surface area contributed by atoms with Gasteiger partial charge in [0.2, 0.25) is 0 Å². The largest absolute Gasteiger partial charge is 0.487 e. The highest BCUT2D eigenvalue weighted by atomic mass is 35.5. The monoisotopic (exact) mass is 361 g/mol. The highest BCUT2D eigenvalue weighted by molar-refractivity contribution is 6.32. The molecule has 134 valence electrons. The molecule has 2 rings (SSSR count). The SMILES string of the molecule is CCN(CC)c1ccc(C(=O)Nc2cccc(Cl)c2OC(C)C)cn1. The van der Waals surface area contributed by atoms with Gasteiger partial charge in [-0.1, -0.05) is 17.7 Å². The van der Waals surface area contributed by atoms with Gasteiger partial charge < -0.3 is 15.0 Å². The second kappa shape index (κ2) is 8.72. The van der Waals surface area contributed by atoms with Gasteiger partial charge in [-0.25, -0.2) is 4.98 Å². The minimum Gasteiger partial charge on any atom is -0.487 e. The van der Waals surface area contributed by atoms with Crippen LogP contribution in [0.4, 0.5) is 11.5 Å². The van der Waals surface area contributed by atoms with Crippen molar-refractivity contribution in [3.63, 3.8) is 0 Å². The molecule has 0 aliphatic rings. The number of hydrogen-bond donors (Lipinski definition) is 1. The van der Waals surface area contributed by atoms with Crippen molar-refractivity contribution < 1.29 is 9.53 Å². The first kappa shape index (κ1) is 19.1. The molecule has 1 aromatic carbocycles. The molecule has 1 aromatic heterocycles. The van der Waals surface area contributed by atoms with Crippen molar-refractivity contribution in [3.05, 3.63) is 47.1 Å². The van der Waals surface area contributed by atoms with Crippen LogP contribution in [0.5, 0.6) is 5.75 Å². The maximum absolute atomic E-state index is 12.5. The highest BCUT2D eigenvalue weighted by Gasteiger charge is 2.14. The topological polar surface area (TPSA) is 54.5 Å². The van der Waals surface area contributed by atoms with Crippen molar-refractivity contribution in [2.24, 2.45) is 0 Å². The number of rotatable bonds is 7. The molecule has 25 heavy (non-hydrogen) atoms. The Labute approximate surface area is 154 Å². The standard InChI is InChI=1S/C19H24ClN3O2/c1-5-23(6-2)17-11-10-14(12-21-17)19(24)22-16-9-7-8-15(20)18(16)25-13(3)4/h7-13H,5-6H2,1-4H3,(H,22,24). The molecule has 0 unspecified atom stereocenters. The molecule has 0 saturated carbocycles. The van der Waals surface area contributed by atoms with E-state index in [1.807, 2.05) is 19.9 Å². The molecule has 0 radical (unpaired) electrons. The van der Waals surface area contributed by atoms with Gasteiger partial charge >= 0.3 is 0 Å². The van der Waals surface area contributed by atoms with Crippen molar-refractivity contribution in [3.8, 4) is 5.75 Å². The van der Waals surface area contributed by atoms with Crippen molar-refractivity contribution in [2.75, 3.05) is 23.3 Å². The second-order valence-corrected chi connectivity index (χ2v) is 6.22. The third-order valence-electron chi connectivity index (χ3n) is 3.67. The van der Waals surface area contributed by atoms with Crippen molar-refractivity contribution in [1.29, 1.82) is 0 Å². The Morgan fingerprint density at radius 1 is 1.24 bits per heavy atom. The molecular weight excluding hydrogens is 338 g/mol. The van der Waals surface area contributed by atoms with Gasteiger partial charge in [0, 0.05) is 19.3 Å². The fourth-order valence-corrected chi connectivity index (χ4v) is 2.63. The number of anilines is 2. The van der Waals surface area contributed by atoms with Gasteiger partial charge in [0.1, 0.15) is 5.82 Å². The fraction of sp³-hybridized carbons (Fsp3) is 0.368. The lowest BCUT2D eigenvalue weighted by Crippen LogP contribution is -2.23. The maximum atomic E-state index is 12.5. The van der Waals surface area contributed by atoms with Crippen LogP contribution in [0, 0.1) is 0 Å². The third-order valence-corrected chi connectivity index (χ3v) is 3.96. The number of nitrogens with zero attached hydrogens (tertiary/aromatic N) is 2. The Bertz CT molecular complexity index is 713. The highest BCUT2D eigenvalue weighted by Crippen LogP contribution is 2.34. The maximum Gasteiger partial charge on any atom is 0.257 e. The van der Waals surface area contributed by atoms with Crippen LogP contribution < -0.4 is 15.0 Å². The normalized spacial score (nSPS) is 10.6. The Morgan fingerprint density at radius 2 is 1.96 bits per heavy atom. The summed E-state index contributed by atoms with van der Waals surface area (Å²) in [5.74, 6) is 1.07. The number of aromatic nitrogens is 1. The van der Waals surface area contributed by atoms with Crippen LogP contribution in [0.2, 0.25) is 5.02 Å². The van der Waals surface area contributed by atoms with E-state index >= 15 is 0 Å². The number of carbonyl (C=O) groups excluding carboxylic acids is 1. The van der Waals surface area contributed by atoms with Crippen LogP contribution >= 0.6 is 11.6 Å². The average Bonchev–Trinajstić information content (AvgIpc) is 2.59. The molecule has 0 atom stereocenters. The van der Waals surface area contributed by atoms with Gasteiger partial charge in [0.25, 0.3) is 5.91 Å². The lowest BCUT2D eigenvalue weighted by atomic mass is 10.2. The summed E-state index contributed by atoms with van der Waals surface area (Å²) in [7, 11) is 0. The Balaban J connectivity index is 2.19. The first-order valence-corrected chi connectivity index (χ1v) is 8.81. The van der Waals surface area contributed by atoms with E-state index in [-0.39, 0.29) is 12.0 Å². The smallest absolute Gasteiger partial charge is 0.257 e.